The fourth-order valence-corrected chi connectivity index (χ4v) is 4.93. The molecule has 0 radical (unpaired) electrons. The molecule has 0 saturated heterocycles. The van der Waals surface area contributed by atoms with Gasteiger partial charge in [-0.2, -0.15) is 18.4 Å². The molecule has 0 saturated carbocycles. The molecule has 3 aromatic rings. The Kier molecular flexibility index (Phi) is 5.73. The van der Waals surface area contributed by atoms with E-state index in [4.69, 9.17) is 0 Å². The average Bonchev–Trinajstić information content (AvgIpc) is 3.21. The summed E-state index contributed by atoms with van der Waals surface area (Å²) in [7, 11) is -3.74. The van der Waals surface area contributed by atoms with E-state index in [0.29, 0.717) is 6.42 Å². The molecule has 0 amide bonds. The van der Waals surface area contributed by atoms with Crippen LogP contribution in [0.1, 0.15) is 41.5 Å². The summed E-state index contributed by atoms with van der Waals surface area (Å²) < 4.78 is 25.6. The molecule has 1 aliphatic rings. The third-order valence-corrected chi connectivity index (χ3v) is 6.85. The van der Waals surface area contributed by atoms with E-state index in [0.717, 1.165) is 47.9 Å². The van der Waals surface area contributed by atoms with Crippen LogP contribution in [0.4, 0.5) is 0 Å². The van der Waals surface area contributed by atoms with Gasteiger partial charge in [0.05, 0.1) is 10.6 Å². The molecule has 0 aromatic heterocycles. The second-order valence-electron chi connectivity index (χ2n) is 7.76. The molecule has 5 heteroatoms. The summed E-state index contributed by atoms with van der Waals surface area (Å²) in [4.78, 5) is 2.70. The van der Waals surface area contributed by atoms with E-state index in [2.05, 4.69) is 34.7 Å². The Morgan fingerprint density at radius 3 is 2.67 bits per heavy atom. The molecule has 0 heterocycles. The number of hydrogen-bond acceptors (Lipinski definition) is 3. The van der Waals surface area contributed by atoms with Crippen LogP contribution in [0.5, 0.6) is 0 Å². The zero-order valence-electron chi connectivity index (χ0n) is 17.2. The number of aryl methyl sites for hydroxylation is 2. The zero-order valence-corrected chi connectivity index (χ0v) is 18.0. The van der Waals surface area contributed by atoms with Gasteiger partial charge >= 0.3 is 0 Å². The third kappa shape index (κ3) is 4.03. The molecule has 0 bridgehead atoms. The fraction of sp³-hybridized carbons (Fsp3) is 0.240. The number of nitrogens with one attached hydrogen (secondary N) is 1. The molecule has 30 heavy (non-hydrogen) atoms. The van der Waals surface area contributed by atoms with Gasteiger partial charge in [0, 0.05) is 5.56 Å². The number of nitrogens with zero attached hydrogens (tertiary/aromatic N) is 1. The van der Waals surface area contributed by atoms with Gasteiger partial charge in [-0.15, -0.1) is 6.58 Å². The van der Waals surface area contributed by atoms with Crippen molar-refractivity contribution < 1.29 is 8.42 Å². The van der Waals surface area contributed by atoms with Crippen molar-refractivity contribution in [3.63, 3.8) is 0 Å². The standard InChI is InChI=1S/C25H26N2O2S/c1-3-4-12-24(26-27-30(28,29)21-15-13-18(2)14-16-21)25-22-10-6-5-8-19(22)17-20-9-7-11-23(20)25/h3,5-6,8,10,13-17,27H,1,4,7,9,11-12H2,2H3/b26-24+. The van der Waals surface area contributed by atoms with Crippen LogP contribution in [-0.4, -0.2) is 14.1 Å². The number of hydrogen-bond donors (Lipinski definition) is 1. The van der Waals surface area contributed by atoms with Gasteiger partial charge in [-0.25, -0.2) is 0 Å². The molecular formula is C25H26N2O2S. The number of sulfonamides is 1. The summed E-state index contributed by atoms with van der Waals surface area (Å²) in [5, 5.41) is 6.75. The monoisotopic (exact) mass is 418 g/mol. The minimum absolute atomic E-state index is 0.211. The maximum Gasteiger partial charge on any atom is 0.276 e. The van der Waals surface area contributed by atoms with Gasteiger partial charge in [-0.1, -0.05) is 54.1 Å². The van der Waals surface area contributed by atoms with Crippen molar-refractivity contribution in [1.29, 1.82) is 0 Å². The summed E-state index contributed by atoms with van der Waals surface area (Å²) in [6, 6.07) is 17.3. The normalized spacial score (nSPS) is 14.0. The lowest BCUT2D eigenvalue weighted by molar-refractivity contribution is 0.584. The Labute approximate surface area is 178 Å². The van der Waals surface area contributed by atoms with Crippen LogP contribution in [0.2, 0.25) is 0 Å². The lowest BCUT2D eigenvalue weighted by atomic mass is 9.91. The van der Waals surface area contributed by atoms with E-state index >= 15 is 0 Å². The lowest BCUT2D eigenvalue weighted by Gasteiger charge is -2.16. The van der Waals surface area contributed by atoms with Crippen molar-refractivity contribution in [3.05, 3.63) is 89.5 Å². The topological polar surface area (TPSA) is 58.5 Å². The smallest absolute Gasteiger partial charge is 0.200 e. The highest BCUT2D eigenvalue weighted by Crippen LogP contribution is 2.33. The first-order chi connectivity index (χ1) is 14.5. The molecule has 1 N–H and O–H groups in total. The van der Waals surface area contributed by atoms with Gasteiger partial charge in [-0.05, 0) is 73.1 Å². The highest BCUT2D eigenvalue weighted by atomic mass is 32.2. The van der Waals surface area contributed by atoms with Gasteiger partial charge in [0.25, 0.3) is 10.0 Å². The summed E-state index contributed by atoms with van der Waals surface area (Å²) in [6.07, 6.45) is 6.35. The highest BCUT2D eigenvalue weighted by molar-refractivity contribution is 7.89. The summed E-state index contributed by atoms with van der Waals surface area (Å²) in [6.45, 7) is 5.76. The minimum atomic E-state index is -3.74. The molecule has 0 fully saturated rings. The first kappa shape index (κ1) is 20.4. The Morgan fingerprint density at radius 2 is 1.90 bits per heavy atom. The number of hydrazone groups is 1. The van der Waals surface area contributed by atoms with Crippen LogP contribution in [0.15, 0.2) is 77.2 Å². The average molecular weight is 419 g/mol. The van der Waals surface area contributed by atoms with Crippen molar-refractivity contribution in [1.82, 2.24) is 4.83 Å². The van der Waals surface area contributed by atoms with E-state index in [1.165, 1.54) is 16.5 Å². The van der Waals surface area contributed by atoms with E-state index in [1.807, 2.05) is 25.1 Å². The largest absolute Gasteiger partial charge is 0.276 e. The van der Waals surface area contributed by atoms with E-state index in [9.17, 15) is 8.42 Å². The molecule has 154 valence electrons. The van der Waals surface area contributed by atoms with Crippen LogP contribution in [0.3, 0.4) is 0 Å². The quantitative estimate of drug-likeness (QED) is 0.322. The first-order valence-corrected chi connectivity index (χ1v) is 11.8. The van der Waals surface area contributed by atoms with Crippen LogP contribution < -0.4 is 4.83 Å². The van der Waals surface area contributed by atoms with Gasteiger partial charge in [0.2, 0.25) is 0 Å². The minimum Gasteiger partial charge on any atom is -0.200 e. The molecule has 0 spiro atoms. The van der Waals surface area contributed by atoms with Gasteiger partial charge in [-0.3, -0.25) is 0 Å². The molecule has 4 rings (SSSR count). The second-order valence-corrected chi connectivity index (χ2v) is 9.42. The Balaban J connectivity index is 1.81. The first-order valence-electron chi connectivity index (χ1n) is 10.3. The van der Waals surface area contributed by atoms with Gasteiger partial charge < -0.3 is 0 Å². The van der Waals surface area contributed by atoms with E-state index in [1.54, 1.807) is 24.3 Å². The van der Waals surface area contributed by atoms with Crippen molar-refractivity contribution in [2.45, 2.75) is 43.9 Å². The maximum atomic E-state index is 12.8. The predicted molar refractivity (Wildman–Crippen MR) is 123 cm³/mol. The third-order valence-electron chi connectivity index (χ3n) is 5.63. The number of rotatable bonds is 7. The van der Waals surface area contributed by atoms with Crippen LogP contribution >= 0.6 is 0 Å². The van der Waals surface area contributed by atoms with Crippen LogP contribution in [0.25, 0.3) is 10.8 Å². The molecule has 0 atom stereocenters. The van der Waals surface area contributed by atoms with Crippen molar-refractivity contribution in [2.24, 2.45) is 5.10 Å². The van der Waals surface area contributed by atoms with Crippen LogP contribution in [0, 0.1) is 6.92 Å². The van der Waals surface area contributed by atoms with Gasteiger partial charge in [0.15, 0.2) is 0 Å². The summed E-state index contributed by atoms with van der Waals surface area (Å²) in [5.41, 5.74) is 5.49. The summed E-state index contributed by atoms with van der Waals surface area (Å²) >= 11 is 0. The SMILES string of the molecule is C=CCC/C(=N\NS(=O)(=O)c1ccc(C)cc1)c1c2c(cc3ccccc13)CCC2. The van der Waals surface area contributed by atoms with Crippen molar-refractivity contribution in [3.8, 4) is 0 Å². The molecule has 0 aliphatic heterocycles. The summed E-state index contributed by atoms with van der Waals surface area (Å²) in [5.74, 6) is 0. The van der Waals surface area contributed by atoms with Crippen molar-refractivity contribution >= 4 is 26.5 Å². The fourth-order valence-electron chi connectivity index (χ4n) is 4.10. The van der Waals surface area contributed by atoms with Crippen molar-refractivity contribution in [2.75, 3.05) is 0 Å². The van der Waals surface area contributed by atoms with E-state index < -0.39 is 10.0 Å². The molecule has 1 aliphatic carbocycles. The Hall–Kier alpha value is -2.92. The maximum absolute atomic E-state index is 12.8. The molecule has 3 aromatic carbocycles. The van der Waals surface area contributed by atoms with Crippen LogP contribution in [-0.2, 0) is 22.9 Å². The zero-order chi connectivity index (χ0) is 21.1. The lowest BCUT2D eigenvalue weighted by Crippen LogP contribution is -2.21. The number of benzene rings is 3. The molecular weight excluding hydrogens is 392 g/mol. The Morgan fingerprint density at radius 1 is 1.13 bits per heavy atom. The predicted octanol–water partition coefficient (Wildman–Crippen LogP) is 5.29. The second kappa shape index (κ2) is 8.44. The Bertz CT molecular complexity index is 1230. The number of allylic oxidation sites excluding steroid dienone is 1. The molecule has 4 nitrogen and oxygen atoms in total. The number of fused-ring (bicyclic) bond motifs is 2. The van der Waals surface area contributed by atoms with E-state index in [-0.39, 0.29) is 4.90 Å². The highest BCUT2D eigenvalue weighted by Gasteiger charge is 2.22. The van der Waals surface area contributed by atoms with Gasteiger partial charge in [0.1, 0.15) is 0 Å². The molecule has 0 unspecified atom stereocenters.